The minimum atomic E-state index is 0.693. The highest BCUT2D eigenvalue weighted by atomic mass is 35.5. The first-order valence-corrected chi connectivity index (χ1v) is 6.94. The molecule has 2 aromatic heterocycles. The van der Waals surface area contributed by atoms with Crippen LogP contribution in [0.15, 0.2) is 36.7 Å². The molecule has 0 atom stereocenters. The lowest BCUT2D eigenvalue weighted by atomic mass is 10.2. The summed E-state index contributed by atoms with van der Waals surface area (Å²) in [6, 6.07) is 7.44. The molecule has 2 N–H and O–H groups in total. The molecule has 0 radical (unpaired) electrons. The average Bonchev–Trinajstić information content (AvgIpc) is 2.49. The first kappa shape index (κ1) is 13.0. The first-order valence-electron chi connectivity index (χ1n) is 6.56. The smallest absolute Gasteiger partial charge is 0.151 e. The normalized spacial score (nSPS) is 15.4. The van der Waals surface area contributed by atoms with E-state index < -0.39 is 0 Å². The van der Waals surface area contributed by atoms with Crippen LogP contribution in [0.25, 0.3) is 0 Å². The third-order valence-electron chi connectivity index (χ3n) is 3.43. The summed E-state index contributed by atoms with van der Waals surface area (Å²) in [6.07, 6.45) is 3.54. The Hall–Kier alpha value is -2.01. The molecule has 5 nitrogen and oxygen atoms in total. The Bertz CT molecular complexity index is 542. The second-order valence-electron chi connectivity index (χ2n) is 4.70. The second kappa shape index (κ2) is 5.54. The van der Waals surface area contributed by atoms with E-state index in [1.165, 1.54) is 0 Å². The van der Waals surface area contributed by atoms with Crippen LogP contribution in [-0.4, -0.2) is 36.1 Å². The predicted octanol–water partition coefficient (Wildman–Crippen LogP) is 2.04. The lowest BCUT2D eigenvalue weighted by Gasteiger charge is -2.36. The molecule has 1 aliphatic rings. The minimum Gasteiger partial charge on any atom is -0.396 e. The molecule has 3 rings (SSSR count). The molecule has 1 aliphatic heterocycles. The molecule has 0 aromatic carbocycles. The van der Waals surface area contributed by atoms with E-state index in [0.717, 1.165) is 43.5 Å². The maximum Gasteiger partial charge on any atom is 0.151 e. The van der Waals surface area contributed by atoms with E-state index in [4.69, 9.17) is 17.3 Å². The zero-order chi connectivity index (χ0) is 13.9. The van der Waals surface area contributed by atoms with Crippen LogP contribution in [0.2, 0.25) is 5.02 Å². The fourth-order valence-corrected chi connectivity index (χ4v) is 2.65. The van der Waals surface area contributed by atoms with E-state index in [-0.39, 0.29) is 0 Å². The Balaban J connectivity index is 1.72. The summed E-state index contributed by atoms with van der Waals surface area (Å²) in [5.74, 6) is 1.71. The van der Waals surface area contributed by atoms with Gasteiger partial charge in [0.1, 0.15) is 5.82 Å². The van der Waals surface area contributed by atoms with Gasteiger partial charge in [0.15, 0.2) is 5.82 Å². The van der Waals surface area contributed by atoms with E-state index in [9.17, 15) is 0 Å². The van der Waals surface area contributed by atoms with Crippen molar-refractivity contribution in [2.45, 2.75) is 0 Å². The third kappa shape index (κ3) is 2.49. The Morgan fingerprint density at radius 3 is 2.05 bits per heavy atom. The van der Waals surface area contributed by atoms with Crippen molar-refractivity contribution in [1.82, 2.24) is 9.97 Å². The van der Waals surface area contributed by atoms with E-state index in [0.29, 0.717) is 5.02 Å². The van der Waals surface area contributed by atoms with Crippen molar-refractivity contribution in [2.24, 2.45) is 0 Å². The van der Waals surface area contributed by atoms with Crippen molar-refractivity contribution in [1.29, 1.82) is 0 Å². The fraction of sp³-hybridized carbons (Fsp3) is 0.286. The Labute approximate surface area is 123 Å². The number of hydrogen-bond donors (Lipinski definition) is 1. The maximum absolute atomic E-state index is 6.19. The molecule has 1 fully saturated rings. The standard InChI is InChI=1S/C14H16ClN5/c15-11-3-1-5-17-13(11)19-7-9-20(10-8-19)14-12(16)4-2-6-18-14/h1-6H,7-10,16H2. The maximum atomic E-state index is 6.19. The highest BCUT2D eigenvalue weighted by molar-refractivity contribution is 6.32. The molecule has 0 spiro atoms. The summed E-state index contributed by atoms with van der Waals surface area (Å²) < 4.78 is 0. The number of halogens is 1. The van der Waals surface area contributed by atoms with Gasteiger partial charge in [0.05, 0.1) is 10.7 Å². The van der Waals surface area contributed by atoms with Gasteiger partial charge in [0.2, 0.25) is 0 Å². The monoisotopic (exact) mass is 289 g/mol. The van der Waals surface area contributed by atoms with Crippen LogP contribution >= 0.6 is 11.6 Å². The lowest BCUT2D eigenvalue weighted by Crippen LogP contribution is -2.47. The summed E-state index contributed by atoms with van der Waals surface area (Å²) >= 11 is 6.19. The minimum absolute atomic E-state index is 0.693. The number of nitrogen functional groups attached to an aromatic ring is 1. The van der Waals surface area contributed by atoms with Crippen LogP contribution in [0, 0.1) is 0 Å². The van der Waals surface area contributed by atoms with Crippen molar-refractivity contribution < 1.29 is 0 Å². The highest BCUT2D eigenvalue weighted by Crippen LogP contribution is 2.25. The van der Waals surface area contributed by atoms with E-state index >= 15 is 0 Å². The molecule has 20 heavy (non-hydrogen) atoms. The van der Waals surface area contributed by atoms with Gasteiger partial charge < -0.3 is 15.5 Å². The lowest BCUT2D eigenvalue weighted by molar-refractivity contribution is 0.642. The molecule has 0 aliphatic carbocycles. The Morgan fingerprint density at radius 2 is 1.45 bits per heavy atom. The molecule has 2 aromatic rings. The van der Waals surface area contributed by atoms with Crippen molar-refractivity contribution >= 4 is 28.9 Å². The molecule has 104 valence electrons. The van der Waals surface area contributed by atoms with Gasteiger partial charge >= 0.3 is 0 Å². The number of pyridine rings is 2. The number of hydrogen-bond acceptors (Lipinski definition) is 5. The van der Waals surface area contributed by atoms with Crippen molar-refractivity contribution in [3.63, 3.8) is 0 Å². The SMILES string of the molecule is Nc1cccnc1N1CCN(c2ncccc2Cl)CC1. The van der Waals surface area contributed by atoms with Crippen LogP contribution in [0.3, 0.4) is 0 Å². The van der Waals surface area contributed by atoms with E-state index in [1.54, 1.807) is 12.4 Å². The van der Waals surface area contributed by atoms with Gasteiger partial charge in [-0.2, -0.15) is 0 Å². The second-order valence-corrected chi connectivity index (χ2v) is 5.11. The zero-order valence-corrected chi connectivity index (χ0v) is 11.8. The zero-order valence-electron chi connectivity index (χ0n) is 11.0. The van der Waals surface area contributed by atoms with Gasteiger partial charge in [-0.1, -0.05) is 11.6 Å². The third-order valence-corrected chi connectivity index (χ3v) is 3.73. The van der Waals surface area contributed by atoms with Crippen LogP contribution in [0.4, 0.5) is 17.3 Å². The number of rotatable bonds is 2. The van der Waals surface area contributed by atoms with Crippen LogP contribution in [-0.2, 0) is 0 Å². The van der Waals surface area contributed by atoms with Crippen molar-refractivity contribution in [3.05, 3.63) is 41.7 Å². The molecule has 6 heteroatoms. The summed E-state index contributed by atoms with van der Waals surface area (Å²) in [5, 5.41) is 0.693. The molecule has 3 heterocycles. The van der Waals surface area contributed by atoms with Gasteiger partial charge in [0.25, 0.3) is 0 Å². The largest absolute Gasteiger partial charge is 0.396 e. The number of nitrogens with zero attached hydrogens (tertiary/aromatic N) is 4. The summed E-state index contributed by atoms with van der Waals surface area (Å²) in [5.41, 5.74) is 6.69. The Morgan fingerprint density at radius 1 is 0.900 bits per heavy atom. The molecular formula is C14H16ClN5. The summed E-state index contributed by atoms with van der Waals surface area (Å²) in [4.78, 5) is 13.1. The summed E-state index contributed by atoms with van der Waals surface area (Å²) in [6.45, 7) is 3.42. The fourth-order valence-electron chi connectivity index (χ4n) is 2.41. The van der Waals surface area contributed by atoms with Crippen LogP contribution in [0.5, 0.6) is 0 Å². The number of aromatic nitrogens is 2. The highest BCUT2D eigenvalue weighted by Gasteiger charge is 2.21. The number of anilines is 3. The molecular weight excluding hydrogens is 274 g/mol. The number of nitrogens with two attached hydrogens (primary N) is 1. The van der Waals surface area contributed by atoms with E-state index in [1.807, 2.05) is 24.3 Å². The average molecular weight is 290 g/mol. The molecule has 1 saturated heterocycles. The predicted molar refractivity (Wildman–Crippen MR) is 82.3 cm³/mol. The Kier molecular flexibility index (Phi) is 3.60. The van der Waals surface area contributed by atoms with Gasteiger partial charge in [-0.3, -0.25) is 0 Å². The first-order chi connectivity index (χ1) is 9.75. The molecule has 0 saturated carbocycles. The van der Waals surface area contributed by atoms with Crippen molar-refractivity contribution in [3.8, 4) is 0 Å². The summed E-state index contributed by atoms with van der Waals surface area (Å²) in [7, 11) is 0. The van der Waals surface area contributed by atoms with Crippen LogP contribution in [0.1, 0.15) is 0 Å². The van der Waals surface area contributed by atoms with E-state index in [2.05, 4.69) is 19.8 Å². The van der Waals surface area contributed by atoms with Gasteiger partial charge in [-0.25, -0.2) is 9.97 Å². The van der Waals surface area contributed by atoms with Crippen LogP contribution < -0.4 is 15.5 Å². The molecule has 0 bridgehead atoms. The quantitative estimate of drug-likeness (QED) is 0.917. The molecule has 0 amide bonds. The van der Waals surface area contributed by atoms with Gasteiger partial charge in [-0.15, -0.1) is 0 Å². The van der Waals surface area contributed by atoms with Gasteiger partial charge in [-0.05, 0) is 24.3 Å². The van der Waals surface area contributed by atoms with Crippen molar-refractivity contribution in [2.75, 3.05) is 41.7 Å². The topological polar surface area (TPSA) is 58.3 Å². The number of piperazine rings is 1. The van der Waals surface area contributed by atoms with Gasteiger partial charge in [0, 0.05) is 38.6 Å². The molecule has 0 unspecified atom stereocenters.